The maximum absolute atomic E-state index is 12.5. The smallest absolute Gasteiger partial charge is 0.343 e. The highest BCUT2D eigenvalue weighted by Gasteiger charge is 2.27. The molecule has 3 amide bonds. The number of carbonyl (C=O) groups is 3. The zero-order valence-electron chi connectivity index (χ0n) is 16.6. The van der Waals surface area contributed by atoms with E-state index in [0.717, 1.165) is 0 Å². The van der Waals surface area contributed by atoms with Gasteiger partial charge in [-0.25, -0.2) is 0 Å². The van der Waals surface area contributed by atoms with Crippen LogP contribution in [0.25, 0.3) is 0 Å². The minimum absolute atomic E-state index is 0.0222. The molecule has 0 aliphatic heterocycles. The molecule has 0 spiro atoms. The van der Waals surface area contributed by atoms with Gasteiger partial charge in [0.05, 0.1) is 0 Å². The number of nitrogens with one attached hydrogen (secondary N) is 3. The molecule has 0 bridgehead atoms. The van der Waals surface area contributed by atoms with Gasteiger partial charge in [0.15, 0.2) is 0 Å². The van der Waals surface area contributed by atoms with Crippen LogP contribution in [-0.2, 0) is 0 Å². The Morgan fingerprint density at radius 1 is 0.625 bits per heavy atom. The third kappa shape index (κ3) is 6.43. The molecule has 3 aromatic carbocycles. The lowest BCUT2D eigenvalue weighted by Gasteiger charge is -2.10. The predicted molar refractivity (Wildman–Crippen MR) is 114 cm³/mol. The molecule has 0 heterocycles. The van der Waals surface area contributed by atoms with E-state index in [1.807, 2.05) is 0 Å². The molecular formula is C23H18F3N3O3. The lowest BCUT2D eigenvalue weighted by atomic mass is 10.1. The van der Waals surface area contributed by atoms with Crippen molar-refractivity contribution in [3.05, 3.63) is 95.6 Å². The molecule has 9 heteroatoms. The molecule has 0 unspecified atom stereocenters. The van der Waals surface area contributed by atoms with Gasteiger partial charge < -0.3 is 16.0 Å². The van der Waals surface area contributed by atoms with Crippen molar-refractivity contribution < 1.29 is 27.6 Å². The van der Waals surface area contributed by atoms with Crippen LogP contribution in [0.5, 0.6) is 0 Å². The Morgan fingerprint density at radius 2 is 1.19 bits per heavy atom. The molecule has 164 valence electrons. The Labute approximate surface area is 181 Å². The van der Waals surface area contributed by atoms with Crippen molar-refractivity contribution in [3.8, 4) is 0 Å². The zero-order valence-corrected chi connectivity index (χ0v) is 16.6. The monoisotopic (exact) mass is 441 g/mol. The molecule has 32 heavy (non-hydrogen) atoms. The number of halogens is 3. The van der Waals surface area contributed by atoms with Crippen molar-refractivity contribution in [1.29, 1.82) is 0 Å². The summed E-state index contributed by atoms with van der Waals surface area (Å²) in [4.78, 5) is 36.5. The van der Waals surface area contributed by atoms with Crippen molar-refractivity contribution in [3.63, 3.8) is 0 Å². The van der Waals surface area contributed by atoms with Gasteiger partial charge in [-0.05, 0) is 54.6 Å². The predicted octanol–water partition coefficient (Wildman–Crippen LogP) is 4.48. The molecule has 0 saturated carbocycles. The zero-order chi connectivity index (χ0) is 23.1. The summed E-state index contributed by atoms with van der Waals surface area (Å²) in [6.45, 7) is -1.45. The lowest BCUT2D eigenvalue weighted by Crippen LogP contribution is -2.33. The minimum Gasteiger partial charge on any atom is -0.343 e. The van der Waals surface area contributed by atoms with Crippen molar-refractivity contribution in [2.75, 3.05) is 17.2 Å². The molecule has 3 rings (SSSR count). The highest BCUT2D eigenvalue weighted by molar-refractivity contribution is 6.06. The van der Waals surface area contributed by atoms with E-state index >= 15 is 0 Å². The average molecular weight is 441 g/mol. The van der Waals surface area contributed by atoms with Crippen molar-refractivity contribution in [1.82, 2.24) is 5.32 Å². The third-order valence-corrected chi connectivity index (χ3v) is 4.27. The van der Waals surface area contributed by atoms with Crippen LogP contribution in [0.3, 0.4) is 0 Å². The SMILES string of the molecule is O=C(NCC(F)(F)F)c1cccc(NC(=O)c2ccc(NC(=O)c3ccccc3)cc2)c1. The van der Waals surface area contributed by atoms with Gasteiger partial charge in [-0.2, -0.15) is 13.2 Å². The Bertz CT molecular complexity index is 1110. The van der Waals surface area contributed by atoms with Gasteiger partial charge in [0.25, 0.3) is 17.7 Å². The van der Waals surface area contributed by atoms with E-state index in [1.165, 1.54) is 36.4 Å². The fourth-order valence-electron chi connectivity index (χ4n) is 2.72. The average Bonchev–Trinajstić information content (AvgIpc) is 2.78. The van der Waals surface area contributed by atoms with Gasteiger partial charge in [-0.3, -0.25) is 14.4 Å². The second-order valence-corrected chi connectivity index (χ2v) is 6.73. The highest BCUT2D eigenvalue weighted by Crippen LogP contribution is 2.16. The summed E-state index contributed by atoms with van der Waals surface area (Å²) in [6, 6.07) is 20.4. The second kappa shape index (κ2) is 9.78. The number of rotatable bonds is 6. The number of carbonyl (C=O) groups excluding carboxylic acids is 3. The molecule has 0 aliphatic carbocycles. The molecule has 0 atom stereocenters. The van der Waals surface area contributed by atoms with Gasteiger partial charge in [0.1, 0.15) is 6.54 Å². The lowest BCUT2D eigenvalue weighted by molar-refractivity contribution is -0.123. The Morgan fingerprint density at radius 3 is 1.81 bits per heavy atom. The summed E-state index contributed by atoms with van der Waals surface area (Å²) in [6.07, 6.45) is -4.52. The van der Waals surface area contributed by atoms with Crippen LogP contribution >= 0.6 is 0 Å². The molecule has 6 nitrogen and oxygen atoms in total. The molecule has 3 N–H and O–H groups in total. The van der Waals surface area contributed by atoms with E-state index in [4.69, 9.17) is 0 Å². The Balaban J connectivity index is 1.61. The van der Waals surface area contributed by atoms with Crippen molar-refractivity contribution in [2.24, 2.45) is 0 Å². The topological polar surface area (TPSA) is 87.3 Å². The molecule has 0 radical (unpaired) electrons. The van der Waals surface area contributed by atoms with Crippen molar-refractivity contribution in [2.45, 2.75) is 6.18 Å². The number of anilines is 2. The maximum Gasteiger partial charge on any atom is 0.405 e. The second-order valence-electron chi connectivity index (χ2n) is 6.73. The summed E-state index contributed by atoms with van der Waals surface area (Å²) in [5, 5.41) is 7.08. The third-order valence-electron chi connectivity index (χ3n) is 4.27. The molecule has 0 fully saturated rings. The first kappa shape index (κ1) is 22.5. The Kier molecular flexibility index (Phi) is 6.89. The van der Waals surface area contributed by atoms with E-state index in [9.17, 15) is 27.6 Å². The van der Waals surface area contributed by atoms with Crippen molar-refractivity contribution >= 4 is 29.1 Å². The van der Waals surface area contributed by atoms with Crippen LogP contribution in [0, 0.1) is 0 Å². The van der Waals surface area contributed by atoms with Crippen LogP contribution in [0.1, 0.15) is 31.1 Å². The molecular weight excluding hydrogens is 423 g/mol. The van der Waals surface area contributed by atoms with E-state index in [-0.39, 0.29) is 22.7 Å². The normalized spacial score (nSPS) is 10.8. The number of benzene rings is 3. The van der Waals surface area contributed by atoms with Gasteiger partial charge in [0.2, 0.25) is 0 Å². The number of hydrogen-bond donors (Lipinski definition) is 3. The first-order chi connectivity index (χ1) is 15.2. The molecule has 0 aliphatic rings. The van der Waals surface area contributed by atoms with Gasteiger partial charge in [-0.1, -0.05) is 24.3 Å². The van der Waals surface area contributed by atoms with Crippen LogP contribution in [-0.4, -0.2) is 30.4 Å². The van der Waals surface area contributed by atoms with Gasteiger partial charge >= 0.3 is 6.18 Å². The Hall–Kier alpha value is -4.14. The van der Waals surface area contributed by atoms with Gasteiger partial charge in [-0.15, -0.1) is 0 Å². The fraction of sp³-hybridized carbons (Fsp3) is 0.0870. The van der Waals surface area contributed by atoms with Crippen LogP contribution in [0.4, 0.5) is 24.5 Å². The fourth-order valence-corrected chi connectivity index (χ4v) is 2.72. The van der Waals surface area contributed by atoms with E-state index in [2.05, 4.69) is 10.6 Å². The first-order valence-electron chi connectivity index (χ1n) is 9.44. The molecule has 0 aromatic heterocycles. The summed E-state index contributed by atoms with van der Waals surface area (Å²) in [7, 11) is 0. The van der Waals surface area contributed by atoms with E-state index in [1.54, 1.807) is 47.8 Å². The van der Waals surface area contributed by atoms with Crippen LogP contribution in [0.2, 0.25) is 0 Å². The highest BCUT2D eigenvalue weighted by atomic mass is 19.4. The summed E-state index contributed by atoms with van der Waals surface area (Å²) in [5.74, 6) is -1.68. The van der Waals surface area contributed by atoms with Crippen LogP contribution in [0.15, 0.2) is 78.9 Å². The van der Waals surface area contributed by atoms with Crippen LogP contribution < -0.4 is 16.0 Å². The molecule has 0 saturated heterocycles. The number of amides is 3. The number of alkyl halides is 3. The van der Waals surface area contributed by atoms with E-state index in [0.29, 0.717) is 11.3 Å². The number of hydrogen-bond acceptors (Lipinski definition) is 3. The van der Waals surface area contributed by atoms with E-state index < -0.39 is 24.5 Å². The molecule has 3 aromatic rings. The summed E-state index contributed by atoms with van der Waals surface area (Å²) < 4.78 is 36.8. The first-order valence-corrected chi connectivity index (χ1v) is 9.44. The van der Waals surface area contributed by atoms with Gasteiger partial charge in [0, 0.05) is 28.1 Å². The minimum atomic E-state index is -4.52. The maximum atomic E-state index is 12.5. The summed E-state index contributed by atoms with van der Waals surface area (Å²) in [5.41, 5.74) is 1.50. The quantitative estimate of drug-likeness (QED) is 0.527. The summed E-state index contributed by atoms with van der Waals surface area (Å²) >= 11 is 0. The largest absolute Gasteiger partial charge is 0.405 e. The standard InChI is InChI=1S/C23H18F3N3O3/c24-23(25,26)14-27-20(30)17-7-4-8-19(13-17)29-22(32)16-9-11-18(12-10-16)28-21(31)15-5-2-1-3-6-15/h1-13H,14H2,(H,27,30)(H,28,31)(H,29,32).